The van der Waals surface area contributed by atoms with Gasteiger partial charge in [0.2, 0.25) is 0 Å². The molecule has 6 heteroatoms. The van der Waals surface area contributed by atoms with Gasteiger partial charge in [-0.1, -0.05) is 12.1 Å². The summed E-state index contributed by atoms with van der Waals surface area (Å²) in [6, 6.07) is 4.60. The van der Waals surface area contributed by atoms with E-state index in [0.29, 0.717) is 12.0 Å². The summed E-state index contributed by atoms with van der Waals surface area (Å²) in [6.45, 7) is 0. The molecule has 0 aliphatic heterocycles. The summed E-state index contributed by atoms with van der Waals surface area (Å²) < 4.78 is 36.6. The van der Waals surface area contributed by atoms with Crippen LogP contribution in [-0.4, -0.2) is 5.97 Å². The zero-order valence-electron chi connectivity index (χ0n) is 8.25. The topological polar surface area (TPSA) is 52.3 Å². The third-order valence-electron chi connectivity index (χ3n) is 2.03. The van der Waals surface area contributed by atoms with Crippen LogP contribution in [0.2, 0.25) is 0 Å². The highest BCUT2D eigenvalue weighted by molar-refractivity contribution is 5.69. The van der Waals surface area contributed by atoms with Gasteiger partial charge in [0.1, 0.15) is 0 Å². The zero-order valence-corrected chi connectivity index (χ0v) is 8.25. The highest BCUT2D eigenvalue weighted by Crippen LogP contribution is 2.29. The van der Waals surface area contributed by atoms with Gasteiger partial charge >= 0.3 is 12.1 Å². The van der Waals surface area contributed by atoms with Crippen LogP contribution >= 0.6 is 0 Å². The molecule has 0 atom stereocenters. The van der Waals surface area contributed by atoms with Crippen molar-refractivity contribution in [3.8, 4) is 0 Å². The Bertz CT molecular complexity index is 359. The van der Waals surface area contributed by atoms with Crippen LogP contribution in [0.1, 0.15) is 17.5 Å². The molecule has 1 aromatic rings. The van der Waals surface area contributed by atoms with E-state index in [1.54, 1.807) is 0 Å². The minimum atomic E-state index is -4.34. The minimum Gasteiger partial charge on any atom is -0.373 e. The number of benzene rings is 1. The van der Waals surface area contributed by atoms with Crippen LogP contribution in [-0.2, 0) is 22.2 Å². The van der Waals surface area contributed by atoms with Crippen molar-refractivity contribution in [2.75, 3.05) is 0 Å². The van der Waals surface area contributed by atoms with E-state index >= 15 is 0 Å². The molecular formula is C10H10F3NO2. The van der Waals surface area contributed by atoms with Gasteiger partial charge in [-0.05, 0) is 24.1 Å². The van der Waals surface area contributed by atoms with E-state index in [-0.39, 0.29) is 6.42 Å². The molecule has 88 valence electrons. The van der Waals surface area contributed by atoms with Gasteiger partial charge in [-0.25, -0.2) is 0 Å². The Morgan fingerprint density at radius 3 is 2.25 bits per heavy atom. The monoisotopic (exact) mass is 233 g/mol. The van der Waals surface area contributed by atoms with Gasteiger partial charge in [-0.15, -0.1) is 0 Å². The first-order valence-electron chi connectivity index (χ1n) is 4.49. The second kappa shape index (κ2) is 4.98. The number of halogens is 3. The minimum absolute atomic E-state index is 0.0435. The number of aryl methyl sites for hydroxylation is 1. The molecule has 0 aliphatic rings. The van der Waals surface area contributed by atoms with E-state index in [9.17, 15) is 18.0 Å². The molecule has 0 unspecified atom stereocenters. The van der Waals surface area contributed by atoms with Crippen LogP contribution in [0, 0.1) is 0 Å². The molecule has 0 heterocycles. The highest BCUT2D eigenvalue weighted by Gasteiger charge is 2.29. The number of hydrogen-bond donors (Lipinski definition) is 1. The lowest BCUT2D eigenvalue weighted by Crippen LogP contribution is -2.10. The lowest BCUT2D eigenvalue weighted by molar-refractivity contribution is -0.144. The Morgan fingerprint density at radius 1 is 1.25 bits per heavy atom. The van der Waals surface area contributed by atoms with E-state index < -0.39 is 17.7 Å². The Kier molecular flexibility index (Phi) is 3.89. The fourth-order valence-corrected chi connectivity index (χ4v) is 1.17. The Labute approximate surface area is 90.0 Å². The lowest BCUT2D eigenvalue weighted by Gasteiger charge is -2.07. The third kappa shape index (κ3) is 3.54. The molecule has 0 saturated heterocycles. The van der Waals surface area contributed by atoms with E-state index in [4.69, 9.17) is 0 Å². The van der Waals surface area contributed by atoms with Gasteiger partial charge in [0.25, 0.3) is 0 Å². The molecule has 0 radical (unpaired) electrons. The summed E-state index contributed by atoms with van der Waals surface area (Å²) in [5, 5.41) is 0. The Balaban J connectivity index is 2.62. The number of alkyl halides is 3. The maximum Gasteiger partial charge on any atom is 0.416 e. The molecular weight excluding hydrogens is 223 g/mol. The molecule has 3 nitrogen and oxygen atoms in total. The quantitative estimate of drug-likeness (QED) is 0.813. The standard InChI is InChI=1S/C10H10F3NO2/c11-10(12,13)8-4-1-7(2-5-8)3-6-9(15)16-14/h1-2,4-5H,3,6,14H2. The average Bonchev–Trinajstić information content (AvgIpc) is 2.25. The normalized spacial score (nSPS) is 11.2. The molecule has 1 aromatic carbocycles. The molecule has 0 saturated carbocycles. The fourth-order valence-electron chi connectivity index (χ4n) is 1.17. The average molecular weight is 233 g/mol. The van der Waals surface area contributed by atoms with Crippen LogP contribution in [0.3, 0.4) is 0 Å². The van der Waals surface area contributed by atoms with Gasteiger partial charge in [0, 0.05) is 0 Å². The maximum absolute atomic E-state index is 12.2. The fraction of sp³-hybridized carbons (Fsp3) is 0.300. The largest absolute Gasteiger partial charge is 0.416 e. The summed E-state index contributed by atoms with van der Waals surface area (Å²) in [6.07, 6.45) is -4.00. The van der Waals surface area contributed by atoms with Crippen molar-refractivity contribution in [2.45, 2.75) is 19.0 Å². The predicted molar refractivity (Wildman–Crippen MR) is 50.0 cm³/mol. The maximum atomic E-state index is 12.2. The van der Waals surface area contributed by atoms with Crippen molar-refractivity contribution in [1.29, 1.82) is 0 Å². The third-order valence-corrected chi connectivity index (χ3v) is 2.03. The second-order valence-electron chi connectivity index (χ2n) is 3.18. The molecule has 0 aliphatic carbocycles. The summed E-state index contributed by atoms with van der Waals surface area (Å²) in [5.74, 6) is 4.02. The SMILES string of the molecule is NOC(=O)CCc1ccc(C(F)(F)F)cc1. The second-order valence-corrected chi connectivity index (χ2v) is 3.18. The highest BCUT2D eigenvalue weighted by atomic mass is 19.4. The van der Waals surface area contributed by atoms with E-state index in [1.165, 1.54) is 12.1 Å². The van der Waals surface area contributed by atoms with Gasteiger partial charge in [-0.3, -0.25) is 4.79 Å². The molecule has 0 aromatic heterocycles. The van der Waals surface area contributed by atoms with Crippen LogP contribution in [0.4, 0.5) is 13.2 Å². The Morgan fingerprint density at radius 2 is 1.81 bits per heavy atom. The molecule has 1 rings (SSSR count). The summed E-state index contributed by atoms with van der Waals surface area (Å²) in [7, 11) is 0. The predicted octanol–water partition coefficient (Wildman–Crippen LogP) is 2.05. The van der Waals surface area contributed by atoms with E-state index in [0.717, 1.165) is 12.1 Å². The summed E-state index contributed by atoms with van der Waals surface area (Å²) >= 11 is 0. The summed E-state index contributed by atoms with van der Waals surface area (Å²) in [5.41, 5.74) is -0.0870. The van der Waals surface area contributed by atoms with Crippen molar-refractivity contribution in [2.24, 2.45) is 5.90 Å². The van der Waals surface area contributed by atoms with Gasteiger partial charge in [0.05, 0.1) is 12.0 Å². The molecule has 0 bridgehead atoms. The van der Waals surface area contributed by atoms with Crippen LogP contribution < -0.4 is 5.90 Å². The first-order valence-corrected chi connectivity index (χ1v) is 4.49. The van der Waals surface area contributed by atoms with Crippen LogP contribution in [0.25, 0.3) is 0 Å². The van der Waals surface area contributed by atoms with E-state index in [2.05, 4.69) is 10.7 Å². The van der Waals surface area contributed by atoms with Gasteiger partial charge in [-0.2, -0.15) is 19.1 Å². The van der Waals surface area contributed by atoms with Gasteiger partial charge < -0.3 is 4.84 Å². The number of carbonyl (C=O) groups is 1. The van der Waals surface area contributed by atoms with Crippen molar-refractivity contribution >= 4 is 5.97 Å². The van der Waals surface area contributed by atoms with Crippen LogP contribution in [0.15, 0.2) is 24.3 Å². The van der Waals surface area contributed by atoms with Gasteiger partial charge in [0.15, 0.2) is 0 Å². The summed E-state index contributed by atoms with van der Waals surface area (Å²) in [4.78, 5) is 14.6. The smallest absolute Gasteiger partial charge is 0.373 e. The van der Waals surface area contributed by atoms with Crippen molar-refractivity contribution in [3.05, 3.63) is 35.4 Å². The molecule has 2 N–H and O–H groups in total. The van der Waals surface area contributed by atoms with E-state index in [1.807, 2.05) is 0 Å². The molecule has 0 amide bonds. The zero-order chi connectivity index (χ0) is 12.2. The lowest BCUT2D eigenvalue weighted by atomic mass is 10.1. The first kappa shape index (κ1) is 12.5. The number of hydrogen-bond acceptors (Lipinski definition) is 3. The Hall–Kier alpha value is -1.56. The molecule has 0 spiro atoms. The number of carbonyl (C=O) groups excluding carboxylic acids is 1. The van der Waals surface area contributed by atoms with Crippen molar-refractivity contribution in [1.82, 2.24) is 0 Å². The van der Waals surface area contributed by atoms with Crippen molar-refractivity contribution in [3.63, 3.8) is 0 Å². The molecule has 0 fully saturated rings. The first-order chi connectivity index (χ1) is 7.43. The van der Waals surface area contributed by atoms with Crippen molar-refractivity contribution < 1.29 is 22.8 Å². The number of rotatable bonds is 3. The number of nitrogens with two attached hydrogens (primary N) is 1. The molecule has 16 heavy (non-hydrogen) atoms. The van der Waals surface area contributed by atoms with Crippen LogP contribution in [0.5, 0.6) is 0 Å².